The van der Waals surface area contributed by atoms with Gasteiger partial charge in [0.2, 0.25) is 0 Å². The highest BCUT2D eigenvalue weighted by atomic mass is 32.2. The van der Waals surface area contributed by atoms with E-state index in [2.05, 4.69) is 5.32 Å². The molecular weight excluding hydrogens is 345 g/mol. The first-order valence-electron chi connectivity index (χ1n) is 8.39. The molecule has 0 amide bonds. The molecule has 0 radical (unpaired) electrons. The number of para-hydroxylation sites is 1. The molecule has 0 bridgehead atoms. The molecular formula is C22H14FNOS. The Labute approximate surface area is 154 Å². The molecule has 1 heterocycles. The maximum atomic E-state index is 14.6. The Morgan fingerprint density at radius 2 is 1.54 bits per heavy atom. The number of carbonyl (C=O) groups is 1. The number of nitrogens with one attached hydrogen (secondary N) is 1. The molecule has 0 saturated carbocycles. The number of benzene rings is 3. The Morgan fingerprint density at radius 3 is 2.38 bits per heavy atom. The van der Waals surface area contributed by atoms with Crippen molar-refractivity contribution in [1.29, 1.82) is 0 Å². The highest BCUT2D eigenvalue weighted by Crippen LogP contribution is 2.52. The van der Waals surface area contributed by atoms with Gasteiger partial charge < -0.3 is 5.32 Å². The number of carbonyl (C=O) groups excluding carboxylic acids is 1. The molecule has 1 aliphatic heterocycles. The second-order valence-electron chi connectivity index (χ2n) is 6.30. The number of hydrogen-bond donors (Lipinski definition) is 1. The Bertz CT molecular complexity index is 1090. The first-order chi connectivity index (χ1) is 12.7. The van der Waals surface area contributed by atoms with Gasteiger partial charge >= 0.3 is 0 Å². The van der Waals surface area contributed by atoms with Crippen LogP contribution in [0.15, 0.2) is 83.3 Å². The van der Waals surface area contributed by atoms with Crippen LogP contribution in [0.3, 0.4) is 0 Å². The van der Waals surface area contributed by atoms with E-state index in [9.17, 15) is 9.18 Å². The molecule has 2 nitrogen and oxygen atoms in total. The Hall–Kier alpha value is -2.85. The minimum absolute atomic E-state index is 0.0309. The average Bonchev–Trinajstić information content (AvgIpc) is 2.84. The summed E-state index contributed by atoms with van der Waals surface area (Å²) in [6.45, 7) is 0. The molecule has 1 aliphatic carbocycles. The summed E-state index contributed by atoms with van der Waals surface area (Å²) in [7, 11) is 0. The largest absolute Gasteiger partial charge is 0.354 e. The molecule has 1 atom stereocenters. The second-order valence-corrected chi connectivity index (χ2v) is 7.45. The van der Waals surface area contributed by atoms with E-state index in [1.54, 1.807) is 12.1 Å². The van der Waals surface area contributed by atoms with Gasteiger partial charge in [0.15, 0.2) is 5.78 Å². The molecule has 2 aliphatic rings. The van der Waals surface area contributed by atoms with E-state index in [1.165, 1.54) is 17.8 Å². The van der Waals surface area contributed by atoms with E-state index >= 15 is 0 Å². The number of ketones is 1. The van der Waals surface area contributed by atoms with Gasteiger partial charge in [-0.25, -0.2) is 4.39 Å². The molecule has 3 aromatic rings. The Balaban J connectivity index is 1.78. The molecule has 1 N–H and O–H groups in total. The maximum Gasteiger partial charge on any atom is 0.193 e. The van der Waals surface area contributed by atoms with Crippen LogP contribution in [0.5, 0.6) is 0 Å². The van der Waals surface area contributed by atoms with Crippen molar-refractivity contribution in [2.45, 2.75) is 10.1 Å². The lowest BCUT2D eigenvalue weighted by atomic mass is 10.0. The molecule has 3 aromatic carbocycles. The second kappa shape index (κ2) is 5.85. The average molecular weight is 359 g/mol. The highest BCUT2D eigenvalue weighted by molar-refractivity contribution is 8.00. The zero-order valence-corrected chi connectivity index (χ0v) is 14.5. The fraction of sp³-hybridized carbons (Fsp3) is 0.0455. The SMILES string of the molecule is O=C1C2=C(Nc3ccccc3SC2c2ccccc2F)c2ccccc21. The fourth-order valence-corrected chi connectivity index (χ4v) is 4.91. The summed E-state index contributed by atoms with van der Waals surface area (Å²) in [5.41, 5.74) is 4.43. The highest BCUT2D eigenvalue weighted by Gasteiger charge is 2.38. The molecule has 0 fully saturated rings. The maximum absolute atomic E-state index is 14.6. The van der Waals surface area contributed by atoms with Gasteiger partial charge in [0, 0.05) is 27.2 Å². The molecule has 5 rings (SSSR count). The minimum Gasteiger partial charge on any atom is -0.354 e. The van der Waals surface area contributed by atoms with Crippen molar-refractivity contribution in [2.24, 2.45) is 0 Å². The molecule has 4 heteroatoms. The number of thioether (sulfide) groups is 1. The smallest absolute Gasteiger partial charge is 0.193 e. The van der Waals surface area contributed by atoms with Crippen LogP contribution >= 0.6 is 11.8 Å². The zero-order chi connectivity index (χ0) is 17.7. The number of fused-ring (bicyclic) bond motifs is 3. The van der Waals surface area contributed by atoms with Gasteiger partial charge in [-0.05, 0) is 18.2 Å². The van der Waals surface area contributed by atoms with Crippen LogP contribution in [-0.4, -0.2) is 5.78 Å². The molecule has 0 aromatic heterocycles. The molecule has 26 heavy (non-hydrogen) atoms. The van der Waals surface area contributed by atoms with Crippen LogP contribution in [0.1, 0.15) is 26.7 Å². The van der Waals surface area contributed by atoms with Crippen LogP contribution < -0.4 is 5.32 Å². The Kier molecular flexibility index (Phi) is 3.47. The van der Waals surface area contributed by atoms with Gasteiger partial charge in [0.05, 0.1) is 16.6 Å². The lowest BCUT2D eigenvalue weighted by Crippen LogP contribution is -2.09. The molecule has 126 valence electrons. The van der Waals surface area contributed by atoms with E-state index in [1.807, 2.05) is 54.6 Å². The zero-order valence-electron chi connectivity index (χ0n) is 13.7. The Morgan fingerprint density at radius 1 is 0.846 bits per heavy atom. The van der Waals surface area contributed by atoms with E-state index in [-0.39, 0.29) is 11.6 Å². The van der Waals surface area contributed by atoms with Crippen molar-refractivity contribution in [3.05, 3.63) is 101 Å². The standard InChI is InChI=1S/C22H14FNOS/c23-16-10-4-3-9-15(16)22-19-20(13-7-1-2-8-14(13)21(19)25)24-17-11-5-6-12-18(17)26-22/h1-12,22,24H. The molecule has 0 saturated heterocycles. The quantitative estimate of drug-likeness (QED) is 0.605. The van der Waals surface area contributed by atoms with Crippen molar-refractivity contribution in [2.75, 3.05) is 5.32 Å². The first kappa shape index (κ1) is 15.4. The van der Waals surface area contributed by atoms with Crippen molar-refractivity contribution in [3.8, 4) is 0 Å². The van der Waals surface area contributed by atoms with Crippen molar-refractivity contribution in [3.63, 3.8) is 0 Å². The van der Waals surface area contributed by atoms with Crippen LogP contribution in [0.25, 0.3) is 5.70 Å². The molecule has 1 unspecified atom stereocenters. The summed E-state index contributed by atoms with van der Waals surface area (Å²) >= 11 is 1.51. The number of hydrogen-bond acceptors (Lipinski definition) is 3. The number of halogens is 1. The number of rotatable bonds is 1. The van der Waals surface area contributed by atoms with Crippen LogP contribution in [0.2, 0.25) is 0 Å². The van der Waals surface area contributed by atoms with Gasteiger partial charge in [0.1, 0.15) is 5.82 Å². The summed E-state index contributed by atoms with van der Waals surface area (Å²) in [4.78, 5) is 14.2. The van der Waals surface area contributed by atoms with Crippen LogP contribution in [0, 0.1) is 5.82 Å². The van der Waals surface area contributed by atoms with E-state index < -0.39 is 5.25 Å². The van der Waals surface area contributed by atoms with Gasteiger partial charge in [-0.2, -0.15) is 0 Å². The normalized spacial score (nSPS) is 17.9. The van der Waals surface area contributed by atoms with Crippen LogP contribution in [-0.2, 0) is 0 Å². The third-order valence-electron chi connectivity index (χ3n) is 4.80. The summed E-state index contributed by atoms with van der Waals surface area (Å²) in [5.74, 6) is -0.323. The van der Waals surface area contributed by atoms with Crippen molar-refractivity contribution >= 4 is 28.9 Å². The third kappa shape index (κ3) is 2.22. The third-order valence-corrected chi connectivity index (χ3v) is 6.13. The topological polar surface area (TPSA) is 29.1 Å². The minimum atomic E-state index is -0.401. The predicted molar refractivity (Wildman–Crippen MR) is 103 cm³/mol. The van der Waals surface area contributed by atoms with Gasteiger partial charge in [-0.15, -0.1) is 11.8 Å². The van der Waals surface area contributed by atoms with E-state index in [0.717, 1.165) is 21.8 Å². The molecule has 0 spiro atoms. The summed E-state index contributed by atoms with van der Waals surface area (Å²) in [6, 6.07) is 22.2. The van der Waals surface area contributed by atoms with E-state index in [4.69, 9.17) is 0 Å². The summed E-state index contributed by atoms with van der Waals surface area (Å²) in [5, 5.41) is 3.04. The van der Waals surface area contributed by atoms with Gasteiger partial charge in [-0.1, -0.05) is 54.6 Å². The number of Topliss-reactive ketones (excluding diaryl/α,β-unsaturated/α-hetero) is 1. The number of anilines is 1. The first-order valence-corrected chi connectivity index (χ1v) is 9.27. The summed E-state index contributed by atoms with van der Waals surface area (Å²) in [6.07, 6.45) is 0. The van der Waals surface area contributed by atoms with Crippen LogP contribution in [0.4, 0.5) is 10.1 Å². The predicted octanol–water partition coefficient (Wildman–Crippen LogP) is 5.69. The van der Waals surface area contributed by atoms with Gasteiger partial charge in [-0.3, -0.25) is 4.79 Å². The lowest BCUT2D eigenvalue weighted by molar-refractivity contribution is 0.103. The summed E-state index contributed by atoms with van der Waals surface area (Å²) < 4.78 is 14.6. The van der Waals surface area contributed by atoms with Crippen molar-refractivity contribution < 1.29 is 9.18 Å². The monoisotopic (exact) mass is 359 g/mol. The van der Waals surface area contributed by atoms with Crippen molar-refractivity contribution in [1.82, 2.24) is 0 Å². The van der Waals surface area contributed by atoms with E-state index in [0.29, 0.717) is 16.7 Å². The lowest BCUT2D eigenvalue weighted by Gasteiger charge is -2.17. The van der Waals surface area contributed by atoms with Gasteiger partial charge in [0.25, 0.3) is 0 Å². The fourth-order valence-electron chi connectivity index (χ4n) is 3.59.